The van der Waals surface area contributed by atoms with Crippen LogP contribution < -0.4 is 20.7 Å². The van der Waals surface area contributed by atoms with Crippen LogP contribution in [0.4, 0.5) is 23.8 Å². The molecule has 5 rings (SSSR count). The van der Waals surface area contributed by atoms with Crippen LogP contribution in [-0.4, -0.2) is 38.7 Å². The summed E-state index contributed by atoms with van der Waals surface area (Å²) in [6.07, 6.45) is 1.67. The maximum absolute atomic E-state index is 12.6. The van der Waals surface area contributed by atoms with Crippen molar-refractivity contribution >= 4 is 29.5 Å². The summed E-state index contributed by atoms with van der Waals surface area (Å²) in [6.45, 7) is 0. The van der Waals surface area contributed by atoms with Crippen LogP contribution in [-0.2, 0) is 4.79 Å². The van der Waals surface area contributed by atoms with Crippen LogP contribution in [0.3, 0.4) is 0 Å². The topological polar surface area (TPSA) is 110 Å². The highest BCUT2D eigenvalue weighted by atomic mass is 19.4. The molecule has 1 saturated heterocycles. The van der Waals surface area contributed by atoms with Crippen molar-refractivity contribution in [1.29, 1.82) is 0 Å². The van der Waals surface area contributed by atoms with Crippen molar-refractivity contribution in [2.75, 3.05) is 5.32 Å². The fourth-order valence-corrected chi connectivity index (χ4v) is 3.25. The molecule has 32 heavy (non-hydrogen) atoms. The van der Waals surface area contributed by atoms with Gasteiger partial charge in [-0.3, -0.25) is 14.5 Å². The monoisotopic (exact) mass is 444 g/mol. The molecular weight excluding hydrogens is 429 g/mol. The maximum Gasteiger partial charge on any atom is 0.573 e. The van der Waals surface area contributed by atoms with Crippen LogP contribution in [0.5, 0.6) is 5.75 Å². The molecule has 0 radical (unpaired) electrons. The number of carbonyl (C=O) groups excluding carboxylic acids is 2. The zero-order valence-electron chi connectivity index (χ0n) is 16.2. The minimum atomic E-state index is -4.81. The molecule has 3 aromatic rings. The van der Waals surface area contributed by atoms with Crippen LogP contribution in [0.25, 0.3) is 23.0 Å². The minimum Gasteiger partial charge on any atom is -0.406 e. The molecule has 3 heterocycles. The van der Waals surface area contributed by atoms with E-state index in [1.807, 2.05) is 0 Å². The molecule has 1 aliphatic heterocycles. The summed E-state index contributed by atoms with van der Waals surface area (Å²) in [5.41, 5.74) is 1.75. The van der Waals surface area contributed by atoms with Gasteiger partial charge in [0.05, 0.1) is 17.6 Å². The van der Waals surface area contributed by atoms with Crippen LogP contribution >= 0.6 is 0 Å². The molecule has 1 aliphatic carbocycles. The van der Waals surface area contributed by atoms with Crippen molar-refractivity contribution in [2.45, 2.75) is 25.2 Å². The summed E-state index contributed by atoms with van der Waals surface area (Å²) in [5.74, 6) is -0.490. The van der Waals surface area contributed by atoms with E-state index >= 15 is 0 Å². The number of fused-ring (bicyclic) bond motifs is 1. The zero-order chi connectivity index (χ0) is 22.5. The fourth-order valence-electron chi connectivity index (χ4n) is 3.25. The van der Waals surface area contributed by atoms with Gasteiger partial charge in [0.25, 0.3) is 5.91 Å². The van der Waals surface area contributed by atoms with Gasteiger partial charge in [0.2, 0.25) is 0 Å². The SMILES string of the molecule is O=C1NC(=O)C(=Cc2cnc3c(NC4CC4)nc(-c4cccc(OC(F)(F)F)c4)cn23)N1. The Kier molecular flexibility index (Phi) is 4.50. The first-order chi connectivity index (χ1) is 15.2. The first kappa shape index (κ1) is 19.8. The Balaban J connectivity index is 1.60. The third-order valence-electron chi connectivity index (χ3n) is 4.81. The van der Waals surface area contributed by atoms with E-state index in [0.29, 0.717) is 28.4 Å². The van der Waals surface area contributed by atoms with Crippen molar-refractivity contribution in [2.24, 2.45) is 0 Å². The van der Waals surface area contributed by atoms with Crippen LogP contribution in [0, 0.1) is 0 Å². The number of imide groups is 1. The number of urea groups is 1. The second kappa shape index (κ2) is 7.25. The molecule has 1 saturated carbocycles. The predicted molar refractivity (Wildman–Crippen MR) is 106 cm³/mol. The van der Waals surface area contributed by atoms with E-state index in [2.05, 4.69) is 30.7 Å². The zero-order valence-corrected chi connectivity index (χ0v) is 16.2. The molecule has 0 spiro atoms. The average Bonchev–Trinajstić information content (AvgIpc) is 3.35. The fraction of sp³-hybridized carbons (Fsp3) is 0.200. The summed E-state index contributed by atoms with van der Waals surface area (Å²) in [6, 6.07) is 5.09. The van der Waals surface area contributed by atoms with Crippen molar-refractivity contribution in [1.82, 2.24) is 25.0 Å². The van der Waals surface area contributed by atoms with Gasteiger partial charge in [-0.2, -0.15) is 0 Å². The lowest BCUT2D eigenvalue weighted by molar-refractivity contribution is -0.274. The molecule has 2 aromatic heterocycles. The van der Waals surface area contributed by atoms with E-state index < -0.39 is 18.3 Å². The number of nitrogens with one attached hydrogen (secondary N) is 3. The third kappa shape index (κ3) is 4.06. The Hall–Kier alpha value is -4.09. The number of aromatic nitrogens is 3. The normalized spacial score (nSPS) is 17.5. The third-order valence-corrected chi connectivity index (χ3v) is 4.81. The molecule has 3 amide bonds. The number of nitrogens with zero attached hydrogens (tertiary/aromatic N) is 3. The number of anilines is 1. The van der Waals surface area contributed by atoms with Gasteiger partial charge in [0.1, 0.15) is 11.4 Å². The van der Waals surface area contributed by atoms with Gasteiger partial charge in [0.15, 0.2) is 11.5 Å². The molecule has 12 heteroatoms. The number of hydrogen-bond acceptors (Lipinski definition) is 6. The predicted octanol–water partition coefficient (Wildman–Crippen LogP) is 3.05. The maximum atomic E-state index is 12.6. The van der Waals surface area contributed by atoms with Gasteiger partial charge in [-0.1, -0.05) is 12.1 Å². The van der Waals surface area contributed by atoms with Crippen molar-refractivity contribution in [3.8, 4) is 17.0 Å². The number of amides is 3. The van der Waals surface area contributed by atoms with Crippen LogP contribution in [0.1, 0.15) is 18.5 Å². The highest BCUT2D eigenvalue weighted by molar-refractivity contribution is 6.13. The first-order valence-electron chi connectivity index (χ1n) is 9.60. The Morgan fingerprint density at radius 1 is 1.22 bits per heavy atom. The summed E-state index contributed by atoms with van der Waals surface area (Å²) >= 11 is 0. The summed E-state index contributed by atoms with van der Waals surface area (Å²) < 4.78 is 43.6. The Labute approximate surface area is 178 Å². The molecule has 0 unspecified atom stereocenters. The molecule has 2 fully saturated rings. The van der Waals surface area contributed by atoms with Gasteiger partial charge >= 0.3 is 12.4 Å². The molecule has 9 nitrogen and oxygen atoms in total. The summed E-state index contributed by atoms with van der Waals surface area (Å²) in [5, 5.41) is 7.79. The molecule has 164 valence electrons. The lowest BCUT2D eigenvalue weighted by atomic mass is 10.1. The Morgan fingerprint density at radius 3 is 2.72 bits per heavy atom. The first-order valence-corrected chi connectivity index (χ1v) is 9.60. The standard InChI is InChI=1S/C20H15F3N6O3/c21-20(22,23)32-13-3-1-2-10(6-13)15-9-29-12(7-14-18(30)28-19(31)27-14)8-24-17(29)16(26-15)25-11-4-5-11/h1-3,6-9,11H,4-5H2,(H,25,26)(H2,27,28,30,31). The smallest absolute Gasteiger partial charge is 0.406 e. The van der Waals surface area contributed by atoms with Crippen molar-refractivity contribution < 1.29 is 27.5 Å². The highest BCUT2D eigenvalue weighted by Crippen LogP contribution is 2.31. The molecule has 2 aliphatic rings. The second-order valence-electron chi connectivity index (χ2n) is 7.31. The Bertz CT molecular complexity index is 1280. The summed E-state index contributed by atoms with van der Waals surface area (Å²) in [4.78, 5) is 32.2. The number of ether oxygens (including phenoxy) is 1. The van der Waals surface area contributed by atoms with Crippen LogP contribution in [0.15, 0.2) is 42.4 Å². The van der Waals surface area contributed by atoms with Gasteiger partial charge in [-0.15, -0.1) is 13.2 Å². The van der Waals surface area contributed by atoms with Crippen LogP contribution in [0.2, 0.25) is 0 Å². The molecule has 1 aromatic carbocycles. The average molecular weight is 444 g/mol. The van der Waals surface area contributed by atoms with Crippen molar-refractivity contribution in [3.63, 3.8) is 0 Å². The number of imidazole rings is 1. The number of halogens is 3. The molecule has 0 atom stereocenters. The van der Waals surface area contributed by atoms with E-state index in [1.54, 1.807) is 16.7 Å². The number of benzene rings is 1. The van der Waals surface area contributed by atoms with Gasteiger partial charge in [0, 0.05) is 17.8 Å². The Morgan fingerprint density at radius 2 is 2.03 bits per heavy atom. The van der Waals surface area contributed by atoms with E-state index in [4.69, 9.17) is 0 Å². The van der Waals surface area contributed by atoms with E-state index in [-0.39, 0.29) is 17.5 Å². The van der Waals surface area contributed by atoms with E-state index in [1.165, 1.54) is 30.5 Å². The number of rotatable bonds is 5. The van der Waals surface area contributed by atoms with E-state index in [0.717, 1.165) is 12.8 Å². The van der Waals surface area contributed by atoms with Gasteiger partial charge in [-0.05, 0) is 31.1 Å². The number of alkyl halides is 3. The number of hydrogen-bond donors (Lipinski definition) is 3. The number of carbonyl (C=O) groups is 2. The van der Waals surface area contributed by atoms with E-state index in [9.17, 15) is 22.8 Å². The molecular formula is C20H15F3N6O3. The quantitative estimate of drug-likeness (QED) is 0.412. The lowest BCUT2D eigenvalue weighted by Crippen LogP contribution is -2.22. The lowest BCUT2D eigenvalue weighted by Gasteiger charge is -2.12. The van der Waals surface area contributed by atoms with Gasteiger partial charge in [-0.25, -0.2) is 14.8 Å². The molecule has 0 bridgehead atoms. The highest BCUT2D eigenvalue weighted by Gasteiger charge is 2.31. The summed E-state index contributed by atoms with van der Waals surface area (Å²) in [7, 11) is 0. The molecule has 3 N–H and O–H groups in total. The van der Waals surface area contributed by atoms with Gasteiger partial charge < -0.3 is 15.4 Å². The second-order valence-corrected chi connectivity index (χ2v) is 7.31. The largest absolute Gasteiger partial charge is 0.573 e. The minimum absolute atomic E-state index is 0.0486. The van der Waals surface area contributed by atoms with Crippen molar-refractivity contribution in [3.05, 3.63) is 48.1 Å².